The van der Waals surface area contributed by atoms with Crippen LogP contribution in [0.5, 0.6) is 23.0 Å². The second-order valence-electron chi connectivity index (χ2n) is 4.35. The summed E-state index contributed by atoms with van der Waals surface area (Å²) in [5, 5.41) is 0.979. The molecule has 0 spiro atoms. The summed E-state index contributed by atoms with van der Waals surface area (Å²) < 4.78 is 16.3. The fraction of sp³-hybridized carbons (Fsp3) is 0.125. The molecule has 0 unspecified atom stereocenters. The van der Waals surface area contributed by atoms with E-state index in [1.54, 1.807) is 14.2 Å². The van der Waals surface area contributed by atoms with Crippen LogP contribution < -0.4 is 14.2 Å². The Morgan fingerprint density at radius 3 is 2.40 bits per heavy atom. The van der Waals surface area contributed by atoms with Crippen LogP contribution in [0.1, 0.15) is 0 Å². The Balaban J connectivity index is 1.97. The topological polar surface area (TPSA) is 43.5 Å². The minimum atomic E-state index is 0.730. The summed E-state index contributed by atoms with van der Waals surface area (Å²) >= 11 is 0. The first-order valence-corrected chi connectivity index (χ1v) is 6.27. The largest absolute Gasteiger partial charge is 0.497 e. The molecule has 0 bridgehead atoms. The van der Waals surface area contributed by atoms with E-state index in [9.17, 15) is 0 Å². The maximum Gasteiger partial charge on any atom is 0.152 e. The molecule has 4 nitrogen and oxygen atoms in total. The summed E-state index contributed by atoms with van der Waals surface area (Å²) in [5.41, 5.74) is 1.00. The number of aromatic amines is 1. The number of H-pyrrole nitrogens is 1. The maximum atomic E-state index is 5.91. The Kier molecular flexibility index (Phi) is 3.21. The third-order valence-electron chi connectivity index (χ3n) is 3.12. The number of hydrogen-bond donors (Lipinski definition) is 1. The predicted octanol–water partition coefficient (Wildman–Crippen LogP) is 3.98. The molecule has 2 aromatic carbocycles. The molecule has 0 aliphatic heterocycles. The average molecular weight is 269 g/mol. The quantitative estimate of drug-likeness (QED) is 0.779. The van der Waals surface area contributed by atoms with Crippen LogP contribution in [0.2, 0.25) is 0 Å². The van der Waals surface area contributed by atoms with Crippen LogP contribution in [-0.2, 0) is 0 Å². The molecule has 0 amide bonds. The van der Waals surface area contributed by atoms with Crippen LogP contribution in [0.15, 0.2) is 48.7 Å². The Morgan fingerprint density at radius 1 is 0.850 bits per heavy atom. The van der Waals surface area contributed by atoms with E-state index in [-0.39, 0.29) is 0 Å². The predicted molar refractivity (Wildman–Crippen MR) is 77.9 cm³/mol. The van der Waals surface area contributed by atoms with Gasteiger partial charge >= 0.3 is 0 Å². The van der Waals surface area contributed by atoms with E-state index in [2.05, 4.69) is 4.98 Å². The molecule has 3 rings (SSSR count). The van der Waals surface area contributed by atoms with Crippen molar-refractivity contribution in [2.75, 3.05) is 14.2 Å². The van der Waals surface area contributed by atoms with Gasteiger partial charge in [0, 0.05) is 23.2 Å². The highest BCUT2D eigenvalue weighted by atomic mass is 16.5. The van der Waals surface area contributed by atoms with Crippen molar-refractivity contribution in [2.24, 2.45) is 0 Å². The lowest BCUT2D eigenvalue weighted by molar-refractivity contribution is 0.409. The van der Waals surface area contributed by atoms with Crippen molar-refractivity contribution in [1.29, 1.82) is 0 Å². The SMILES string of the molecule is COc1cccc(Oc2c[nH]c3ccc(OC)cc23)c1. The summed E-state index contributed by atoms with van der Waals surface area (Å²) in [6.45, 7) is 0. The number of benzene rings is 2. The van der Waals surface area contributed by atoms with Gasteiger partial charge in [-0.05, 0) is 30.3 Å². The van der Waals surface area contributed by atoms with Crippen LogP contribution in [0.4, 0.5) is 0 Å². The van der Waals surface area contributed by atoms with Gasteiger partial charge in [-0.15, -0.1) is 0 Å². The molecule has 0 fully saturated rings. The molecular formula is C16H15NO3. The smallest absolute Gasteiger partial charge is 0.152 e. The van der Waals surface area contributed by atoms with Gasteiger partial charge in [0.25, 0.3) is 0 Å². The Bertz CT molecular complexity index is 733. The third-order valence-corrected chi connectivity index (χ3v) is 3.12. The molecule has 1 N–H and O–H groups in total. The average Bonchev–Trinajstić information content (AvgIpc) is 2.89. The number of rotatable bonds is 4. The Hall–Kier alpha value is -2.62. The minimum Gasteiger partial charge on any atom is -0.497 e. The highest BCUT2D eigenvalue weighted by molar-refractivity contribution is 5.87. The highest BCUT2D eigenvalue weighted by Gasteiger charge is 2.07. The fourth-order valence-corrected chi connectivity index (χ4v) is 2.08. The van der Waals surface area contributed by atoms with E-state index in [1.807, 2.05) is 48.7 Å². The monoisotopic (exact) mass is 269 g/mol. The lowest BCUT2D eigenvalue weighted by atomic mass is 10.2. The molecular weight excluding hydrogens is 254 g/mol. The number of methoxy groups -OCH3 is 2. The standard InChI is InChI=1S/C16H15NO3/c1-18-11-4-3-5-13(8-11)20-16-10-17-15-7-6-12(19-2)9-14(15)16/h3-10,17H,1-2H3. The van der Waals surface area contributed by atoms with E-state index in [0.717, 1.165) is 33.9 Å². The molecule has 0 saturated carbocycles. The normalized spacial score (nSPS) is 10.5. The van der Waals surface area contributed by atoms with Crippen LogP contribution in [0.25, 0.3) is 10.9 Å². The summed E-state index contributed by atoms with van der Waals surface area (Å²) in [6.07, 6.45) is 1.84. The summed E-state index contributed by atoms with van der Waals surface area (Å²) in [4.78, 5) is 3.18. The van der Waals surface area contributed by atoms with E-state index in [0.29, 0.717) is 0 Å². The molecule has 1 aromatic heterocycles. The third kappa shape index (κ3) is 2.28. The van der Waals surface area contributed by atoms with Crippen LogP contribution in [0, 0.1) is 0 Å². The van der Waals surface area contributed by atoms with Gasteiger partial charge in [0.2, 0.25) is 0 Å². The second-order valence-corrected chi connectivity index (χ2v) is 4.35. The van der Waals surface area contributed by atoms with Crippen molar-refractivity contribution in [1.82, 2.24) is 4.98 Å². The lowest BCUT2D eigenvalue weighted by Crippen LogP contribution is -1.86. The van der Waals surface area contributed by atoms with E-state index >= 15 is 0 Å². The molecule has 0 atom stereocenters. The molecule has 1 heterocycles. The molecule has 0 saturated heterocycles. The summed E-state index contributed by atoms with van der Waals surface area (Å²) in [5.74, 6) is 3.05. The Morgan fingerprint density at radius 2 is 1.60 bits per heavy atom. The van der Waals surface area contributed by atoms with Gasteiger partial charge in [-0.1, -0.05) is 6.07 Å². The minimum absolute atomic E-state index is 0.730. The van der Waals surface area contributed by atoms with Crippen molar-refractivity contribution in [2.45, 2.75) is 0 Å². The number of nitrogens with one attached hydrogen (secondary N) is 1. The number of aromatic nitrogens is 1. The van der Waals surface area contributed by atoms with Crippen LogP contribution >= 0.6 is 0 Å². The first-order chi connectivity index (χ1) is 9.80. The van der Waals surface area contributed by atoms with E-state index in [4.69, 9.17) is 14.2 Å². The molecule has 0 radical (unpaired) electrons. The highest BCUT2D eigenvalue weighted by Crippen LogP contribution is 2.33. The fourth-order valence-electron chi connectivity index (χ4n) is 2.08. The number of hydrogen-bond acceptors (Lipinski definition) is 3. The zero-order valence-electron chi connectivity index (χ0n) is 11.3. The lowest BCUT2D eigenvalue weighted by Gasteiger charge is -2.06. The van der Waals surface area contributed by atoms with Gasteiger partial charge in [0.05, 0.1) is 14.2 Å². The van der Waals surface area contributed by atoms with Crippen LogP contribution in [-0.4, -0.2) is 19.2 Å². The summed E-state index contributed by atoms with van der Waals surface area (Å²) in [6, 6.07) is 13.3. The van der Waals surface area contributed by atoms with E-state index < -0.39 is 0 Å². The van der Waals surface area contributed by atoms with Crippen molar-refractivity contribution in [3.8, 4) is 23.0 Å². The molecule has 102 valence electrons. The zero-order chi connectivity index (χ0) is 13.9. The number of fused-ring (bicyclic) bond motifs is 1. The van der Waals surface area contributed by atoms with Crippen LogP contribution in [0.3, 0.4) is 0 Å². The van der Waals surface area contributed by atoms with Gasteiger partial charge in [-0.2, -0.15) is 0 Å². The van der Waals surface area contributed by atoms with E-state index in [1.165, 1.54) is 0 Å². The molecule has 4 heteroatoms. The van der Waals surface area contributed by atoms with Gasteiger partial charge in [0.15, 0.2) is 5.75 Å². The maximum absolute atomic E-state index is 5.91. The molecule has 0 aliphatic carbocycles. The zero-order valence-corrected chi connectivity index (χ0v) is 11.3. The van der Waals surface area contributed by atoms with Gasteiger partial charge < -0.3 is 19.2 Å². The molecule has 3 aromatic rings. The first kappa shape index (κ1) is 12.4. The van der Waals surface area contributed by atoms with Gasteiger partial charge in [-0.25, -0.2) is 0 Å². The van der Waals surface area contributed by atoms with Crippen molar-refractivity contribution in [3.63, 3.8) is 0 Å². The van der Waals surface area contributed by atoms with Crippen molar-refractivity contribution >= 4 is 10.9 Å². The van der Waals surface area contributed by atoms with Gasteiger partial charge in [0.1, 0.15) is 17.2 Å². The van der Waals surface area contributed by atoms with Crippen molar-refractivity contribution < 1.29 is 14.2 Å². The second kappa shape index (κ2) is 5.17. The van der Waals surface area contributed by atoms with Gasteiger partial charge in [-0.3, -0.25) is 0 Å². The number of ether oxygens (including phenoxy) is 3. The molecule has 0 aliphatic rings. The summed E-state index contributed by atoms with van der Waals surface area (Å²) in [7, 11) is 3.28. The first-order valence-electron chi connectivity index (χ1n) is 6.27. The van der Waals surface area contributed by atoms with Crippen molar-refractivity contribution in [3.05, 3.63) is 48.7 Å². The Labute approximate surface area is 116 Å². The molecule has 20 heavy (non-hydrogen) atoms.